The lowest BCUT2D eigenvalue weighted by atomic mass is 9.78. The van der Waals surface area contributed by atoms with Crippen molar-refractivity contribution in [2.24, 2.45) is 0 Å². The van der Waals surface area contributed by atoms with E-state index in [4.69, 9.17) is 14.7 Å². The number of fused-ring (bicyclic) bond motifs is 3. The Morgan fingerprint density at radius 2 is 0.985 bits per heavy atom. The molecule has 0 radical (unpaired) electrons. The Balaban J connectivity index is 1.24. The van der Waals surface area contributed by atoms with Gasteiger partial charge in [0.15, 0.2) is 0 Å². The van der Waals surface area contributed by atoms with Crippen molar-refractivity contribution in [3.05, 3.63) is 180 Å². The second-order valence-corrected chi connectivity index (χ2v) is 22.4. The monoisotopic (exact) mass is 880 g/mol. The van der Waals surface area contributed by atoms with Gasteiger partial charge in [-0.05, 0) is 110 Å². The van der Waals surface area contributed by atoms with E-state index in [2.05, 4.69) is 239 Å². The van der Waals surface area contributed by atoms with E-state index >= 15 is 0 Å². The molecule has 0 atom stereocenters. The van der Waals surface area contributed by atoms with Crippen LogP contribution in [0.2, 0.25) is 0 Å². The average molecular weight is 880 g/mol. The molecule has 6 aromatic carbocycles. The lowest BCUT2D eigenvalue weighted by Gasteiger charge is -2.29. The van der Waals surface area contributed by atoms with Crippen molar-refractivity contribution in [2.45, 2.75) is 105 Å². The van der Waals surface area contributed by atoms with Crippen molar-refractivity contribution in [3.8, 4) is 67.5 Å². The zero-order valence-corrected chi connectivity index (χ0v) is 41.8. The fraction of sp³-hybridized carbons (Fsp3) is 0.270. The van der Waals surface area contributed by atoms with Gasteiger partial charge in [-0.25, -0.2) is 4.98 Å². The summed E-state index contributed by atoms with van der Waals surface area (Å²) in [5.41, 5.74) is 18.5. The predicted molar refractivity (Wildman–Crippen MR) is 285 cm³/mol. The van der Waals surface area contributed by atoms with Gasteiger partial charge in [0.05, 0.1) is 35.2 Å². The highest BCUT2D eigenvalue weighted by atomic mass is 16.5. The Morgan fingerprint density at radius 3 is 1.64 bits per heavy atom. The second kappa shape index (κ2) is 16.8. The lowest BCUT2D eigenvalue weighted by molar-refractivity contribution is 0.398. The van der Waals surface area contributed by atoms with Crippen LogP contribution in [0.5, 0.6) is 5.75 Å². The highest BCUT2D eigenvalue weighted by Crippen LogP contribution is 2.45. The van der Waals surface area contributed by atoms with Crippen molar-refractivity contribution in [2.75, 3.05) is 7.11 Å². The molecule has 0 aliphatic rings. The molecule has 9 rings (SSSR count). The van der Waals surface area contributed by atoms with Gasteiger partial charge in [-0.2, -0.15) is 0 Å². The summed E-state index contributed by atoms with van der Waals surface area (Å²) < 4.78 is 8.79. The zero-order valence-electron chi connectivity index (χ0n) is 41.8. The molecular weight excluding hydrogens is 815 g/mol. The average Bonchev–Trinajstić information content (AvgIpc) is 3.64. The van der Waals surface area contributed by atoms with Gasteiger partial charge in [-0.3, -0.25) is 4.98 Å². The van der Waals surface area contributed by atoms with E-state index in [-0.39, 0.29) is 21.7 Å². The highest BCUT2D eigenvalue weighted by Gasteiger charge is 2.28. The third kappa shape index (κ3) is 8.83. The molecule has 3 heterocycles. The van der Waals surface area contributed by atoms with Gasteiger partial charge >= 0.3 is 0 Å². The van der Waals surface area contributed by atoms with Gasteiger partial charge in [0.2, 0.25) is 0 Å². The van der Waals surface area contributed by atoms with Crippen molar-refractivity contribution < 1.29 is 4.74 Å². The minimum atomic E-state index is -0.163. The molecule has 0 spiro atoms. The van der Waals surface area contributed by atoms with Crippen LogP contribution in [0.4, 0.5) is 0 Å². The number of para-hydroxylation sites is 3. The zero-order chi connectivity index (χ0) is 47.6. The van der Waals surface area contributed by atoms with E-state index in [9.17, 15) is 0 Å². The summed E-state index contributed by atoms with van der Waals surface area (Å²) in [7, 11) is 1.80. The quantitative estimate of drug-likeness (QED) is 0.160. The number of nitrogens with zero attached hydrogens (tertiary/aromatic N) is 3. The molecule has 0 amide bonds. The largest absolute Gasteiger partial charge is 0.496 e. The molecule has 0 bridgehead atoms. The molecule has 4 nitrogen and oxygen atoms in total. The minimum Gasteiger partial charge on any atom is -0.496 e. The molecule has 0 unspecified atom stereocenters. The van der Waals surface area contributed by atoms with E-state index in [1.807, 2.05) is 6.20 Å². The van der Waals surface area contributed by atoms with Gasteiger partial charge in [0.25, 0.3) is 0 Å². The Kier molecular flexibility index (Phi) is 11.4. The number of ether oxygens (including phenoxy) is 1. The first-order valence-corrected chi connectivity index (χ1v) is 23.8. The molecule has 3 aromatic heterocycles. The van der Waals surface area contributed by atoms with Crippen molar-refractivity contribution in [1.29, 1.82) is 0 Å². The van der Waals surface area contributed by atoms with Crippen LogP contribution in [0.1, 0.15) is 105 Å². The van der Waals surface area contributed by atoms with Crippen molar-refractivity contribution >= 4 is 21.8 Å². The summed E-state index contributed by atoms with van der Waals surface area (Å²) in [5, 5.41) is 2.46. The van der Waals surface area contributed by atoms with Crippen LogP contribution in [0.15, 0.2) is 158 Å². The molecule has 0 aliphatic heterocycles. The minimum absolute atomic E-state index is 0.0416. The van der Waals surface area contributed by atoms with E-state index in [1.165, 1.54) is 49.6 Å². The third-order valence-corrected chi connectivity index (χ3v) is 13.3. The maximum absolute atomic E-state index is 6.39. The molecule has 0 saturated heterocycles. The number of hydrogen-bond donors (Lipinski definition) is 0. The summed E-state index contributed by atoms with van der Waals surface area (Å²) in [6, 6.07) is 55.5. The van der Waals surface area contributed by atoms with E-state index < -0.39 is 0 Å². The van der Waals surface area contributed by atoms with Gasteiger partial charge in [-0.1, -0.05) is 180 Å². The van der Waals surface area contributed by atoms with Gasteiger partial charge < -0.3 is 9.30 Å². The number of benzene rings is 6. The van der Waals surface area contributed by atoms with Crippen LogP contribution in [-0.2, 0) is 21.7 Å². The molecule has 67 heavy (non-hydrogen) atoms. The first-order valence-electron chi connectivity index (χ1n) is 23.8. The summed E-state index contributed by atoms with van der Waals surface area (Å²) in [4.78, 5) is 10.6. The Labute approximate surface area is 398 Å². The maximum Gasteiger partial charge on any atom is 0.131 e. The molecule has 338 valence electrons. The predicted octanol–water partition coefficient (Wildman–Crippen LogP) is 17.1. The molecule has 0 fully saturated rings. The summed E-state index contributed by atoms with van der Waals surface area (Å²) >= 11 is 0. The molecule has 9 aromatic rings. The molecule has 0 N–H and O–H groups in total. The standard InChI is InChI=1S/C63H65N3O/c1-60(2,3)45-32-43(33-46(37-45)61(4,5)6)44-35-55(65-56(36-44)52-38-47(62(7,8)9)39-53(59(52)67-13)63(10,11)12)42-22-19-21-41(31-42)54-34-40(29-30-64-54)49-26-20-27-51-50-25-17-18-28-57(50)66(58(49)51)48-23-15-14-16-24-48/h14-39H,1-13H3. The SMILES string of the molecule is COc1c(-c2cc(-c3cc(C(C)(C)C)cc(C(C)(C)C)c3)cc(-c3cccc(-c4cc(-c5cccc6c7ccccc7n(-c7ccccc7)c56)ccn4)c3)n2)cc(C(C)(C)C)cc1C(C)(C)C. The molecule has 0 aliphatic carbocycles. The van der Waals surface area contributed by atoms with Crippen LogP contribution in [0, 0.1) is 0 Å². The van der Waals surface area contributed by atoms with E-state index in [0.29, 0.717) is 0 Å². The topological polar surface area (TPSA) is 39.9 Å². The van der Waals surface area contributed by atoms with Gasteiger partial charge in [0.1, 0.15) is 5.75 Å². The highest BCUT2D eigenvalue weighted by molar-refractivity contribution is 6.13. The summed E-state index contributed by atoms with van der Waals surface area (Å²) in [5.74, 6) is 0.867. The first kappa shape index (κ1) is 45.4. The van der Waals surface area contributed by atoms with Gasteiger partial charge in [-0.15, -0.1) is 0 Å². The maximum atomic E-state index is 6.39. The number of methoxy groups -OCH3 is 1. The summed E-state index contributed by atoms with van der Waals surface area (Å²) in [6.07, 6.45) is 1.94. The van der Waals surface area contributed by atoms with E-state index in [1.54, 1.807) is 7.11 Å². The normalized spacial score (nSPS) is 12.6. The second-order valence-electron chi connectivity index (χ2n) is 22.4. The number of hydrogen-bond acceptors (Lipinski definition) is 3. The third-order valence-electron chi connectivity index (χ3n) is 13.3. The van der Waals surface area contributed by atoms with Crippen LogP contribution in [0.3, 0.4) is 0 Å². The lowest BCUT2D eigenvalue weighted by Crippen LogP contribution is -2.18. The number of pyridine rings is 2. The Hall–Kier alpha value is -6.78. The van der Waals surface area contributed by atoms with E-state index in [0.717, 1.165) is 61.9 Å². The molecule has 4 heteroatoms. The fourth-order valence-electron chi connectivity index (χ4n) is 9.36. The van der Waals surface area contributed by atoms with Gasteiger partial charge in [0, 0.05) is 50.5 Å². The fourth-order valence-corrected chi connectivity index (χ4v) is 9.36. The van der Waals surface area contributed by atoms with Crippen molar-refractivity contribution in [1.82, 2.24) is 14.5 Å². The van der Waals surface area contributed by atoms with Crippen LogP contribution < -0.4 is 4.74 Å². The smallest absolute Gasteiger partial charge is 0.131 e. The van der Waals surface area contributed by atoms with Crippen molar-refractivity contribution in [3.63, 3.8) is 0 Å². The number of rotatable bonds is 7. The first-order chi connectivity index (χ1) is 31.7. The van der Waals surface area contributed by atoms with Crippen LogP contribution in [-0.4, -0.2) is 21.6 Å². The Bertz CT molecular complexity index is 3270. The van der Waals surface area contributed by atoms with Crippen LogP contribution >= 0.6 is 0 Å². The summed E-state index contributed by atoms with van der Waals surface area (Å²) in [6.45, 7) is 27.5. The number of aromatic nitrogens is 3. The molecule has 0 saturated carbocycles. The Morgan fingerprint density at radius 1 is 0.418 bits per heavy atom. The molecular formula is C63H65N3O. The van der Waals surface area contributed by atoms with Crippen LogP contribution in [0.25, 0.3) is 83.5 Å².